The monoisotopic (exact) mass is 351 g/mol. The molecule has 0 spiro atoms. The standard InChI is InChI=1S/C15H20F3NO3S/c1-2-13(14(20)15(16,17)18)19-23(21,22)12-8-7-10-5-3-4-6-11(10)9-12/h7-9,13-14,19-20H,2-6H2,1H3. The lowest BCUT2D eigenvalue weighted by Gasteiger charge is -2.25. The maximum atomic E-state index is 12.6. The van der Waals surface area contributed by atoms with Crippen molar-refractivity contribution in [3.05, 3.63) is 29.3 Å². The summed E-state index contributed by atoms with van der Waals surface area (Å²) < 4.78 is 64.4. The van der Waals surface area contributed by atoms with Crippen LogP contribution in [-0.2, 0) is 22.9 Å². The number of hydrogen-bond donors (Lipinski definition) is 2. The highest BCUT2D eigenvalue weighted by molar-refractivity contribution is 7.89. The molecular formula is C15H20F3NO3S. The van der Waals surface area contributed by atoms with E-state index in [9.17, 15) is 26.7 Å². The zero-order chi connectivity index (χ0) is 17.3. The Morgan fingerprint density at radius 3 is 2.39 bits per heavy atom. The van der Waals surface area contributed by atoms with Gasteiger partial charge in [0.25, 0.3) is 0 Å². The molecule has 0 radical (unpaired) electrons. The first-order valence-electron chi connectivity index (χ1n) is 7.54. The van der Waals surface area contributed by atoms with Gasteiger partial charge in [0.1, 0.15) is 0 Å². The predicted molar refractivity (Wildman–Crippen MR) is 79.5 cm³/mol. The lowest BCUT2D eigenvalue weighted by atomic mass is 9.92. The maximum Gasteiger partial charge on any atom is 0.415 e. The summed E-state index contributed by atoms with van der Waals surface area (Å²) in [6.07, 6.45) is -4.13. The maximum absolute atomic E-state index is 12.6. The fourth-order valence-electron chi connectivity index (χ4n) is 2.74. The summed E-state index contributed by atoms with van der Waals surface area (Å²) in [5.41, 5.74) is 2.00. The minimum atomic E-state index is -4.88. The molecule has 1 aromatic rings. The topological polar surface area (TPSA) is 66.4 Å². The van der Waals surface area contributed by atoms with Crippen LogP contribution in [0.15, 0.2) is 23.1 Å². The smallest absolute Gasteiger partial charge is 0.382 e. The van der Waals surface area contributed by atoms with Crippen molar-refractivity contribution in [3.8, 4) is 0 Å². The quantitative estimate of drug-likeness (QED) is 0.857. The molecule has 0 aliphatic heterocycles. The Hall–Kier alpha value is -1.12. The van der Waals surface area contributed by atoms with Gasteiger partial charge in [-0.15, -0.1) is 0 Å². The molecule has 0 heterocycles. The first-order chi connectivity index (χ1) is 10.6. The number of nitrogens with one attached hydrogen (secondary N) is 1. The first kappa shape index (κ1) is 18.2. The van der Waals surface area contributed by atoms with Crippen LogP contribution in [0.2, 0.25) is 0 Å². The summed E-state index contributed by atoms with van der Waals surface area (Å²) >= 11 is 0. The number of benzene rings is 1. The van der Waals surface area contributed by atoms with Gasteiger partial charge in [0.2, 0.25) is 10.0 Å². The van der Waals surface area contributed by atoms with Gasteiger partial charge in [-0.2, -0.15) is 13.2 Å². The summed E-state index contributed by atoms with van der Waals surface area (Å²) in [5, 5.41) is 9.30. The van der Waals surface area contributed by atoms with Gasteiger partial charge in [0, 0.05) is 0 Å². The molecule has 8 heteroatoms. The van der Waals surface area contributed by atoms with Gasteiger partial charge in [0.15, 0.2) is 6.10 Å². The summed E-state index contributed by atoms with van der Waals surface area (Å²) in [4.78, 5) is -0.0639. The summed E-state index contributed by atoms with van der Waals surface area (Å²) in [6, 6.07) is 3.02. The largest absolute Gasteiger partial charge is 0.415 e. The van der Waals surface area contributed by atoms with Crippen molar-refractivity contribution in [1.82, 2.24) is 4.72 Å². The van der Waals surface area contributed by atoms with Gasteiger partial charge in [-0.1, -0.05) is 13.0 Å². The minimum Gasteiger partial charge on any atom is -0.382 e. The van der Waals surface area contributed by atoms with Crippen molar-refractivity contribution < 1.29 is 26.7 Å². The third-order valence-corrected chi connectivity index (χ3v) is 5.58. The summed E-state index contributed by atoms with van der Waals surface area (Å²) in [5.74, 6) is 0. The van der Waals surface area contributed by atoms with E-state index in [1.54, 1.807) is 6.07 Å². The predicted octanol–water partition coefficient (Wildman–Crippen LogP) is 2.55. The molecule has 2 N–H and O–H groups in total. The van der Waals surface area contributed by atoms with Gasteiger partial charge in [-0.3, -0.25) is 0 Å². The molecule has 0 bridgehead atoms. The van der Waals surface area contributed by atoms with Crippen LogP contribution >= 0.6 is 0 Å². The second-order valence-corrected chi connectivity index (χ2v) is 7.47. The summed E-state index contributed by atoms with van der Waals surface area (Å²) in [6.45, 7) is 1.38. The Labute approximate surface area is 133 Å². The Morgan fingerprint density at radius 1 is 1.22 bits per heavy atom. The SMILES string of the molecule is CCC(NS(=O)(=O)c1ccc2c(c1)CCCC2)C(O)C(F)(F)F. The van der Waals surface area contributed by atoms with E-state index >= 15 is 0 Å². The second-order valence-electron chi connectivity index (χ2n) is 5.76. The molecule has 2 unspecified atom stereocenters. The highest BCUT2D eigenvalue weighted by atomic mass is 32.2. The van der Waals surface area contributed by atoms with Crippen LogP contribution in [0.4, 0.5) is 13.2 Å². The highest BCUT2D eigenvalue weighted by Gasteiger charge is 2.44. The molecule has 130 valence electrons. The van der Waals surface area contributed by atoms with Gasteiger partial charge in [-0.25, -0.2) is 13.1 Å². The van der Waals surface area contributed by atoms with Crippen molar-refractivity contribution in [2.75, 3.05) is 0 Å². The molecule has 1 aliphatic rings. The second kappa shape index (κ2) is 6.78. The molecule has 0 aromatic heterocycles. The van der Waals surface area contributed by atoms with E-state index < -0.39 is 28.3 Å². The summed E-state index contributed by atoms with van der Waals surface area (Å²) in [7, 11) is -4.12. The molecule has 0 saturated carbocycles. The third kappa shape index (κ3) is 4.24. The number of aliphatic hydroxyl groups excluding tert-OH is 1. The molecule has 1 aliphatic carbocycles. The first-order valence-corrected chi connectivity index (χ1v) is 9.02. The average Bonchev–Trinajstić information content (AvgIpc) is 2.50. The number of aliphatic hydroxyl groups is 1. The molecule has 2 atom stereocenters. The van der Waals surface area contributed by atoms with Crippen molar-refractivity contribution in [1.29, 1.82) is 0 Å². The fraction of sp³-hybridized carbons (Fsp3) is 0.600. The number of fused-ring (bicyclic) bond motifs is 1. The molecule has 1 aromatic carbocycles. The van der Waals surface area contributed by atoms with Crippen LogP contribution < -0.4 is 4.72 Å². The Balaban J connectivity index is 2.24. The minimum absolute atomic E-state index is 0.0639. The Morgan fingerprint density at radius 2 is 1.83 bits per heavy atom. The number of hydrogen-bond acceptors (Lipinski definition) is 3. The van der Waals surface area contributed by atoms with E-state index in [1.165, 1.54) is 19.1 Å². The fourth-order valence-corrected chi connectivity index (χ4v) is 4.12. The van der Waals surface area contributed by atoms with Crippen molar-refractivity contribution in [3.63, 3.8) is 0 Å². The van der Waals surface area contributed by atoms with Crippen LogP contribution in [0.1, 0.15) is 37.3 Å². The van der Waals surface area contributed by atoms with E-state index in [0.29, 0.717) is 0 Å². The van der Waals surface area contributed by atoms with Crippen molar-refractivity contribution in [2.45, 2.75) is 62.2 Å². The zero-order valence-electron chi connectivity index (χ0n) is 12.7. The molecule has 4 nitrogen and oxygen atoms in total. The normalized spacial score (nSPS) is 18.3. The number of alkyl halides is 3. The van der Waals surface area contributed by atoms with Crippen molar-refractivity contribution in [2.24, 2.45) is 0 Å². The van der Waals surface area contributed by atoms with Gasteiger partial charge < -0.3 is 5.11 Å². The van der Waals surface area contributed by atoms with Crippen LogP contribution in [0.25, 0.3) is 0 Å². The number of sulfonamides is 1. The van der Waals surface area contributed by atoms with E-state index in [0.717, 1.165) is 36.8 Å². The Kier molecular flexibility index (Phi) is 5.37. The van der Waals surface area contributed by atoms with Gasteiger partial charge in [-0.05, 0) is 55.4 Å². The zero-order valence-corrected chi connectivity index (χ0v) is 13.5. The number of rotatable bonds is 5. The van der Waals surface area contributed by atoms with Crippen LogP contribution in [-0.4, -0.2) is 31.8 Å². The van der Waals surface area contributed by atoms with E-state index in [-0.39, 0.29) is 11.3 Å². The number of halogens is 3. The van der Waals surface area contributed by atoms with E-state index in [2.05, 4.69) is 0 Å². The Bertz CT molecular complexity index is 658. The lowest BCUT2D eigenvalue weighted by molar-refractivity contribution is -0.210. The average molecular weight is 351 g/mol. The molecular weight excluding hydrogens is 331 g/mol. The van der Waals surface area contributed by atoms with Crippen molar-refractivity contribution >= 4 is 10.0 Å². The van der Waals surface area contributed by atoms with E-state index in [1.807, 2.05) is 4.72 Å². The third-order valence-electron chi connectivity index (χ3n) is 4.09. The molecule has 2 rings (SSSR count). The highest BCUT2D eigenvalue weighted by Crippen LogP contribution is 2.26. The van der Waals surface area contributed by atoms with Crippen LogP contribution in [0, 0.1) is 0 Å². The number of aryl methyl sites for hydroxylation is 2. The van der Waals surface area contributed by atoms with Crippen LogP contribution in [0.3, 0.4) is 0 Å². The molecule has 23 heavy (non-hydrogen) atoms. The van der Waals surface area contributed by atoms with Crippen LogP contribution in [0.5, 0.6) is 0 Å². The molecule has 0 saturated heterocycles. The lowest BCUT2D eigenvalue weighted by Crippen LogP contribution is -2.49. The molecule has 0 amide bonds. The van der Waals surface area contributed by atoms with E-state index in [4.69, 9.17) is 0 Å². The van der Waals surface area contributed by atoms with Gasteiger partial charge >= 0.3 is 6.18 Å². The molecule has 0 fully saturated rings. The van der Waals surface area contributed by atoms with Gasteiger partial charge in [0.05, 0.1) is 10.9 Å².